The predicted molar refractivity (Wildman–Crippen MR) is 122 cm³/mol. The molecule has 1 aliphatic rings. The Kier molecular flexibility index (Phi) is 5.56. The van der Waals surface area contributed by atoms with E-state index in [9.17, 15) is 4.79 Å². The molecular formula is C24H27ClN4O. The van der Waals surface area contributed by atoms with Crippen molar-refractivity contribution in [3.63, 3.8) is 0 Å². The maximum Gasteiger partial charge on any atom is 0.251 e. The number of rotatable bonds is 4. The van der Waals surface area contributed by atoms with E-state index >= 15 is 0 Å². The Morgan fingerprint density at radius 2 is 1.83 bits per heavy atom. The van der Waals surface area contributed by atoms with Gasteiger partial charge in [-0.3, -0.25) is 9.89 Å². The molecule has 1 aliphatic heterocycles. The molecule has 0 spiro atoms. The number of halogens is 1. The molecule has 0 saturated carbocycles. The molecule has 0 radical (unpaired) electrons. The van der Waals surface area contributed by atoms with Gasteiger partial charge in [0, 0.05) is 35.8 Å². The third-order valence-corrected chi connectivity index (χ3v) is 5.83. The van der Waals surface area contributed by atoms with Crippen molar-refractivity contribution in [1.29, 1.82) is 0 Å². The fourth-order valence-corrected chi connectivity index (χ4v) is 3.85. The molecule has 5 nitrogen and oxygen atoms in total. The molecule has 1 saturated heterocycles. The highest BCUT2D eigenvalue weighted by molar-refractivity contribution is 6.30. The number of hydrogen-bond donors (Lipinski definition) is 2. The number of H-pyrrole nitrogens is 1. The number of nitrogens with one attached hydrogen (secondary N) is 2. The third kappa shape index (κ3) is 4.51. The number of anilines is 1. The first-order chi connectivity index (χ1) is 14.3. The van der Waals surface area contributed by atoms with Crippen LogP contribution in [0.3, 0.4) is 0 Å². The third-order valence-electron chi connectivity index (χ3n) is 5.58. The molecule has 4 rings (SSSR count). The summed E-state index contributed by atoms with van der Waals surface area (Å²) in [7, 11) is 0. The average Bonchev–Trinajstić information content (AvgIpc) is 3.37. The zero-order valence-electron chi connectivity index (χ0n) is 17.6. The highest BCUT2D eigenvalue weighted by Crippen LogP contribution is 2.26. The van der Waals surface area contributed by atoms with Gasteiger partial charge >= 0.3 is 0 Å². The average molecular weight is 423 g/mol. The number of hydrogen-bond acceptors (Lipinski definition) is 3. The normalized spacial score (nSPS) is 16.7. The van der Waals surface area contributed by atoms with E-state index in [2.05, 4.69) is 41.2 Å². The smallest absolute Gasteiger partial charge is 0.251 e. The molecule has 2 heterocycles. The van der Waals surface area contributed by atoms with Crippen LogP contribution < -0.4 is 10.2 Å². The molecule has 1 aromatic heterocycles. The number of nitrogens with zero attached hydrogens (tertiary/aromatic N) is 2. The molecule has 1 atom stereocenters. The van der Waals surface area contributed by atoms with E-state index in [0.29, 0.717) is 10.6 Å². The summed E-state index contributed by atoms with van der Waals surface area (Å²) in [6.45, 7) is 8.11. The minimum atomic E-state index is -0.0220. The number of aromatic nitrogens is 2. The minimum absolute atomic E-state index is 0.0220. The van der Waals surface area contributed by atoms with Gasteiger partial charge in [-0.1, -0.05) is 56.6 Å². The second-order valence-corrected chi connectivity index (χ2v) is 9.32. The number of aromatic amines is 1. The Balaban J connectivity index is 1.37. The summed E-state index contributed by atoms with van der Waals surface area (Å²) < 4.78 is 0. The van der Waals surface area contributed by atoms with E-state index in [0.717, 1.165) is 36.6 Å². The molecule has 6 heteroatoms. The van der Waals surface area contributed by atoms with E-state index in [1.54, 1.807) is 0 Å². The van der Waals surface area contributed by atoms with Crippen LogP contribution in [0.1, 0.15) is 43.1 Å². The molecule has 30 heavy (non-hydrogen) atoms. The first-order valence-corrected chi connectivity index (χ1v) is 10.6. The molecule has 2 N–H and O–H groups in total. The van der Waals surface area contributed by atoms with Crippen LogP contribution in [0, 0.1) is 0 Å². The lowest BCUT2D eigenvalue weighted by atomic mass is 9.86. The zero-order valence-corrected chi connectivity index (χ0v) is 18.3. The van der Waals surface area contributed by atoms with Crippen LogP contribution in [0.5, 0.6) is 0 Å². The van der Waals surface area contributed by atoms with Crippen molar-refractivity contribution < 1.29 is 4.79 Å². The van der Waals surface area contributed by atoms with Gasteiger partial charge in [-0.25, -0.2) is 0 Å². The van der Waals surface area contributed by atoms with E-state index < -0.39 is 0 Å². The standard InChI is InChI=1S/C24H27ClN4O/c1-24(2,3)18-8-4-17(5-9-18)23(30)26-20-12-13-29(15-20)22-14-21(27-28-22)16-6-10-19(25)11-7-16/h4-11,14,20H,12-13,15H2,1-3H3,(H,26,30)(H,27,28)/t20-/m0/s1. The molecular weight excluding hydrogens is 396 g/mol. The van der Waals surface area contributed by atoms with Crippen molar-refractivity contribution in [1.82, 2.24) is 15.5 Å². The van der Waals surface area contributed by atoms with Crippen LogP contribution in [0.15, 0.2) is 54.6 Å². The summed E-state index contributed by atoms with van der Waals surface area (Å²) in [5.41, 5.74) is 4.00. The number of carbonyl (C=O) groups excluding carboxylic acids is 1. The predicted octanol–water partition coefficient (Wildman–Crippen LogP) is 5.04. The molecule has 0 aliphatic carbocycles. The van der Waals surface area contributed by atoms with Gasteiger partial charge in [0.25, 0.3) is 5.91 Å². The van der Waals surface area contributed by atoms with Crippen LogP contribution >= 0.6 is 11.6 Å². The number of benzene rings is 2. The summed E-state index contributed by atoms with van der Waals surface area (Å²) in [5, 5.41) is 11.4. The zero-order chi connectivity index (χ0) is 21.3. The lowest BCUT2D eigenvalue weighted by Gasteiger charge is -2.19. The molecule has 0 bridgehead atoms. The lowest BCUT2D eigenvalue weighted by molar-refractivity contribution is 0.0940. The van der Waals surface area contributed by atoms with Gasteiger partial charge in [0.15, 0.2) is 5.82 Å². The van der Waals surface area contributed by atoms with Crippen molar-refractivity contribution in [2.75, 3.05) is 18.0 Å². The summed E-state index contributed by atoms with van der Waals surface area (Å²) >= 11 is 5.97. The summed E-state index contributed by atoms with van der Waals surface area (Å²) in [5.74, 6) is 0.873. The molecule has 1 amide bonds. The van der Waals surface area contributed by atoms with Crippen LogP contribution in [0.2, 0.25) is 5.02 Å². The fourth-order valence-electron chi connectivity index (χ4n) is 3.73. The SMILES string of the molecule is CC(C)(C)c1ccc(C(=O)N[C@H]2CCN(c3cc(-c4ccc(Cl)cc4)[nH]n3)C2)cc1. The molecule has 0 unspecified atom stereocenters. The van der Waals surface area contributed by atoms with Gasteiger partial charge in [-0.2, -0.15) is 5.10 Å². The first-order valence-electron chi connectivity index (χ1n) is 10.3. The molecule has 1 fully saturated rings. The Morgan fingerprint density at radius 3 is 2.50 bits per heavy atom. The Hall–Kier alpha value is -2.79. The van der Waals surface area contributed by atoms with Gasteiger partial charge in [-0.15, -0.1) is 0 Å². The quantitative estimate of drug-likeness (QED) is 0.619. The van der Waals surface area contributed by atoms with E-state index in [-0.39, 0.29) is 17.4 Å². The van der Waals surface area contributed by atoms with Crippen molar-refractivity contribution in [2.24, 2.45) is 0 Å². The second kappa shape index (κ2) is 8.15. The molecule has 156 valence electrons. The van der Waals surface area contributed by atoms with Gasteiger partial charge in [0.2, 0.25) is 0 Å². The van der Waals surface area contributed by atoms with Gasteiger partial charge in [0.1, 0.15) is 0 Å². The van der Waals surface area contributed by atoms with Crippen LogP contribution in [-0.2, 0) is 5.41 Å². The first kappa shape index (κ1) is 20.5. The minimum Gasteiger partial charge on any atom is -0.353 e. The van der Waals surface area contributed by atoms with Crippen molar-refractivity contribution in [3.8, 4) is 11.3 Å². The monoisotopic (exact) mass is 422 g/mol. The van der Waals surface area contributed by atoms with E-state index in [1.165, 1.54) is 5.56 Å². The Bertz CT molecular complexity index is 1020. The lowest BCUT2D eigenvalue weighted by Crippen LogP contribution is -2.37. The maximum atomic E-state index is 12.7. The molecule has 2 aromatic carbocycles. The fraction of sp³-hybridized carbons (Fsp3) is 0.333. The van der Waals surface area contributed by atoms with Crippen LogP contribution in [0.25, 0.3) is 11.3 Å². The maximum absolute atomic E-state index is 12.7. The van der Waals surface area contributed by atoms with Crippen LogP contribution in [0.4, 0.5) is 5.82 Å². The summed E-state index contributed by atoms with van der Waals surface area (Å²) in [6, 6.07) is 17.7. The Morgan fingerprint density at radius 1 is 1.13 bits per heavy atom. The van der Waals surface area contributed by atoms with Crippen molar-refractivity contribution >= 4 is 23.3 Å². The van der Waals surface area contributed by atoms with Gasteiger partial charge in [0.05, 0.1) is 5.69 Å². The van der Waals surface area contributed by atoms with Gasteiger partial charge < -0.3 is 10.2 Å². The highest BCUT2D eigenvalue weighted by Gasteiger charge is 2.26. The van der Waals surface area contributed by atoms with Crippen molar-refractivity contribution in [3.05, 3.63) is 70.7 Å². The summed E-state index contributed by atoms with van der Waals surface area (Å²) in [4.78, 5) is 14.9. The second-order valence-electron chi connectivity index (χ2n) is 8.88. The summed E-state index contributed by atoms with van der Waals surface area (Å²) in [6.07, 6.45) is 0.898. The van der Waals surface area contributed by atoms with Gasteiger partial charge in [-0.05, 0) is 47.2 Å². The van der Waals surface area contributed by atoms with E-state index in [4.69, 9.17) is 11.6 Å². The van der Waals surface area contributed by atoms with Crippen molar-refractivity contribution in [2.45, 2.75) is 38.6 Å². The largest absolute Gasteiger partial charge is 0.353 e. The highest BCUT2D eigenvalue weighted by atomic mass is 35.5. The Labute approximate surface area is 182 Å². The topological polar surface area (TPSA) is 61.0 Å². The van der Waals surface area contributed by atoms with E-state index in [1.807, 2.05) is 54.6 Å². The van der Waals surface area contributed by atoms with Crippen LogP contribution in [-0.4, -0.2) is 35.2 Å². The molecule has 3 aromatic rings. The number of amides is 1. The number of carbonyl (C=O) groups is 1.